The molecule has 17 heavy (non-hydrogen) atoms. The normalized spacial score (nSPS) is 10.5. The number of hydrogen-bond acceptors (Lipinski definition) is 2. The van der Waals surface area contributed by atoms with Gasteiger partial charge in [-0.15, -0.1) is 0 Å². The molecule has 0 radical (unpaired) electrons. The molecule has 0 bridgehead atoms. The van der Waals surface area contributed by atoms with Crippen LogP contribution in [0.3, 0.4) is 0 Å². The summed E-state index contributed by atoms with van der Waals surface area (Å²) < 4.78 is 16.0. The standard InChI is InChI=1S/C12H13BrFN3/c1-17-9(6-8-16-17)5-7-15-12-10(13)3-2-4-11(12)14/h2-4,6,8,15H,5,7H2,1H3. The van der Waals surface area contributed by atoms with Crippen molar-refractivity contribution in [3.8, 4) is 0 Å². The number of aryl methyl sites for hydroxylation is 1. The number of benzene rings is 1. The van der Waals surface area contributed by atoms with E-state index in [4.69, 9.17) is 0 Å². The number of halogens is 2. The predicted molar refractivity (Wildman–Crippen MR) is 69.5 cm³/mol. The van der Waals surface area contributed by atoms with Crippen LogP contribution in [-0.2, 0) is 13.5 Å². The van der Waals surface area contributed by atoms with Gasteiger partial charge in [-0.05, 0) is 34.1 Å². The fourth-order valence-corrected chi connectivity index (χ4v) is 2.11. The smallest absolute Gasteiger partial charge is 0.147 e. The van der Waals surface area contributed by atoms with Crippen LogP contribution in [0.1, 0.15) is 5.69 Å². The molecule has 2 aromatic rings. The number of para-hydroxylation sites is 1. The van der Waals surface area contributed by atoms with Crippen LogP contribution in [0.15, 0.2) is 34.9 Å². The Hall–Kier alpha value is -1.36. The van der Waals surface area contributed by atoms with E-state index in [-0.39, 0.29) is 5.82 Å². The van der Waals surface area contributed by atoms with E-state index in [0.29, 0.717) is 12.2 Å². The summed E-state index contributed by atoms with van der Waals surface area (Å²) in [5.74, 6) is -0.246. The lowest BCUT2D eigenvalue weighted by molar-refractivity contribution is 0.628. The Kier molecular flexibility index (Phi) is 3.78. The van der Waals surface area contributed by atoms with Crippen molar-refractivity contribution in [1.82, 2.24) is 9.78 Å². The van der Waals surface area contributed by atoms with Crippen molar-refractivity contribution in [2.45, 2.75) is 6.42 Å². The molecule has 90 valence electrons. The number of nitrogens with zero attached hydrogens (tertiary/aromatic N) is 2. The van der Waals surface area contributed by atoms with Crippen LogP contribution in [-0.4, -0.2) is 16.3 Å². The topological polar surface area (TPSA) is 29.9 Å². The molecule has 3 nitrogen and oxygen atoms in total. The van der Waals surface area contributed by atoms with E-state index in [1.54, 1.807) is 12.3 Å². The van der Waals surface area contributed by atoms with Gasteiger partial charge in [-0.2, -0.15) is 5.10 Å². The first kappa shape index (κ1) is 12.1. The van der Waals surface area contributed by atoms with Gasteiger partial charge in [0, 0.05) is 36.4 Å². The first-order valence-electron chi connectivity index (χ1n) is 5.33. The number of nitrogens with one attached hydrogen (secondary N) is 1. The average Bonchev–Trinajstić information content (AvgIpc) is 2.69. The Morgan fingerprint density at radius 1 is 1.41 bits per heavy atom. The van der Waals surface area contributed by atoms with Gasteiger partial charge in [-0.25, -0.2) is 4.39 Å². The molecule has 0 aliphatic rings. The maximum atomic E-state index is 13.5. The van der Waals surface area contributed by atoms with Crippen molar-refractivity contribution in [2.24, 2.45) is 7.05 Å². The van der Waals surface area contributed by atoms with E-state index in [1.165, 1.54) is 6.07 Å². The first-order chi connectivity index (χ1) is 8.18. The number of hydrogen-bond donors (Lipinski definition) is 1. The van der Waals surface area contributed by atoms with Crippen LogP contribution in [0, 0.1) is 5.82 Å². The summed E-state index contributed by atoms with van der Waals surface area (Å²) in [5, 5.41) is 7.17. The Morgan fingerprint density at radius 2 is 2.24 bits per heavy atom. The minimum Gasteiger partial charge on any atom is -0.381 e. The Labute approximate surface area is 108 Å². The quantitative estimate of drug-likeness (QED) is 0.940. The third-order valence-corrected chi connectivity index (χ3v) is 3.23. The zero-order chi connectivity index (χ0) is 12.3. The molecule has 0 unspecified atom stereocenters. The zero-order valence-corrected chi connectivity index (χ0v) is 11.0. The fourth-order valence-electron chi connectivity index (χ4n) is 1.63. The Balaban J connectivity index is 1.97. The van der Waals surface area contributed by atoms with Gasteiger partial charge in [-0.1, -0.05) is 6.07 Å². The maximum absolute atomic E-state index is 13.5. The van der Waals surface area contributed by atoms with E-state index in [2.05, 4.69) is 26.3 Å². The van der Waals surface area contributed by atoms with Crippen LogP contribution < -0.4 is 5.32 Å². The van der Waals surface area contributed by atoms with Crippen LogP contribution in [0.4, 0.5) is 10.1 Å². The average molecular weight is 298 g/mol. The molecular weight excluding hydrogens is 285 g/mol. The summed E-state index contributed by atoms with van der Waals surface area (Å²) in [7, 11) is 1.90. The third kappa shape index (κ3) is 2.85. The summed E-state index contributed by atoms with van der Waals surface area (Å²) in [4.78, 5) is 0. The highest BCUT2D eigenvalue weighted by Gasteiger charge is 2.05. The van der Waals surface area contributed by atoms with Gasteiger partial charge >= 0.3 is 0 Å². The van der Waals surface area contributed by atoms with E-state index in [9.17, 15) is 4.39 Å². The maximum Gasteiger partial charge on any atom is 0.147 e. The van der Waals surface area contributed by atoms with Gasteiger partial charge in [0.05, 0.1) is 5.69 Å². The summed E-state index contributed by atoms with van der Waals surface area (Å²) >= 11 is 3.32. The largest absolute Gasteiger partial charge is 0.381 e. The second kappa shape index (κ2) is 5.31. The van der Waals surface area contributed by atoms with E-state index < -0.39 is 0 Å². The highest BCUT2D eigenvalue weighted by molar-refractivity contribution is 9.10. The van der Waals surface area contributed by atoms with Gasteiger partial charge < -0.3 is 5.32 Å². The van der Waals surface area contributed by atoms with Crippen LogP contribution in [0.5, 0.6) is 0 Å². The summed E-state index contributed by atoms with van der Waals surface area (Å²) in [6.07, 6.45) is 2.56. The summed E-state index contributed by atoms with van der Waals surface area (Å²) in [6.45, 7) is 0.666. The van der Waals surface area contributed by atoms with Crippen molar-refractivity contribution in [1.29, 1.82) is 0 Å². The van der Waals surface area contributed by atoms with Gasteiger partial charge in [-0.3, -0.25) is 4.68 Å². The minimum absolute atomic E-state index is 0.246. The lowest BCUT2D eigenvalue weighted by Crippen LogP contribution is -2.09. The molecule has 5 heteroatoms. The predicted octanol–water partition coefficient (Wildman–Crippen LogP) is 2.98. The van der Waals surface area contributed by atoms with Crippen LogP contribution >= 0.6 is 15.9 Å². The molecule has 1 aromatic heterocycles. The molecule has 0 atom stereocenters. The van der Waals surface area contributed by atoms with E-state index >= 15 is 0 Å². The molecule has 0 aliphatic heterocycles. The van der Waals surface area contributed by atoms with E-state index in [1.807, 2.05) is 23.9 Å². The zero-order valence-electron chi connectivity index (χ0n) is 9.45. The van der Waals surface area contributed by atoms with Crippen molar-refractivity contribution in [2.75, 3.05) is 11.9 Å². The molecule has 0 spiro atoms. The lowest BCUT2D eigenvalue weighted by Gasteiger charge is -2.09. The second-order valence-electron chi connectivity index (χ2n) is 3.72. The van der Waals surface area contributed by atoms with Gasteiger partial charge in [0.1, 0.15) is 5.82 Å². The van der Waals surface area contributed by atoms with Gasteiger partial charge in [0.25, 0.3) is 0 Å². The van der Waals surface area contributed by atoms with Crippen molar-refractivity contribution in [3.63, 3.8) is 0 Å². The SMILES string of the molecule is Cn1nccc1CCNc1c(F)cccc1Br. The summed E-state index contributed by atoms with van der Waals surface area (Å²) in [6, 6.07) is 6.89. The van der Waals surface area contributed by atoms with Crippen molar-refractivity contribution in [3.05, 3.63) is 46.4 Å². The van der Waals surface area contributed by atoms with E-state index in [0.717, 1.165) is 16.6 Å². The summed E-state index contributed by atoms with van der Waals surface area (Å²) in [5.41, 5.74) is 1.62. The number of anilines is 1. The van der Waals surface area contributed by atoms with Gasteiger partial charge in [0.15, 0.2) is 0 Å². The molecule has 0 amide bonds. The molecule has 2 rings (SSSR count). The van der Waals surface area contributed by atoms with Gasteiger partial charge in [0.2, 0.25) is 0 Å². The second-order valence-corrected chi connectivity index (χ2v) is 4.57. The molecular formula is C12H13BrFN3. The van der Waals surface area contributed by atoms with Crippen LogP contribution in [0.2, 0.25) is 0 Å². The molecule has 0 aliphatic carbocycles. The molecule has 1 N–H and O–H groups in total. The van der Waals surface area contributed by atoms with Crippen LogP contribution in [0.25, 0.3) is 0 Å². The fraction of sp³-hybridized carbons (Fsp3) is 0.250. The molecule has 1 aromatic carbocycles. The molecule has 0 saturated carbocycles. The highest BCUT2D eigenvalue weighted by Crippen LogP contribution is 2.24. The molecule has 0 saturated heterocycles. The highest BCUT2D eigenvalue weighted by atomic mass is 79.9. The third-order valence-electron chi connectivity index (χ3n) is 2.57. The molecule has 0 fully saturated rings. The Morgan fingerprint density at radius 3 is 2.88 bits per heavy atom. The number of aromatic nitrogens is 2. The first-order valence-corrected chi connectivity index (χ1v) is 6.12. The van der Waals surface area contributed by atoms with Crippen molar-refractivity contribution >= 4 is 21.6 Å². The monoisotopic (exact) mass is 297 g/mol. The lowest BCUT2D eigenvalue weighted by atomic mass is 10.2. The van der Waals surface area contributed by atoms with Crippen molar-refractivity contribution < 1.29 is 4.39 Å². The number of rotatable bonds is 4. The Bertz CT molecular complexity index is 490. The minimum atomic E-state index is -0.246. The molecule has 1 heterocycles.